The first kappa shape index (κ1) is 14.7. The summed E-state index contributed by atoms with van der Waals surface area (Å²) in [6.07, 6.45) is 0. The van der Waals surface area contributed by atoms with E-state index in [0.29, 0.717) is 11.1 Å². The highest BCUT2D eigenvalue weighted by molar-refractivity contribution is 9.10. The summed E-state index contributed by atoms with van der Waals surface area (Å²) in [5.74, 6) is -0.426. The number of amides is 1. The van der Waals surface area contributed by atoms with E-state index in [9.17, 15) is 9.18 Å². The van der Waals surface area contributed by atoms with Gasteiger partial charge in [-0.05, 0) is 37.3 Å². The van der Waals surface area contributed by atoms with Gasteiger partial charge in [0, 0.05) is 29.2 Å². The lowest BCUT2D eigenvalue weighted by Gasteiger charge is -2.18. The largest absolute Gasteiger partial charge is 0.337 e. The van der Waals surface area contributed by atoms with Crippen molar-refractivity contribution in [3.63, 3.8) is 0 Å². The van der Waals surface area contributed by atoms with Crippen molar-refractivity contribution in [1.82, 2.24) is 4.90 Å². The van der Waals surface area contributed by atoms with E-state index in [0.717, 1.165) is 10.0 Å². The molecule has 0 heterocycles. The van der Waals surface area contributed by atoms with Crippen LogP contribution in [0.25, 0.3) is 0 Å². The number of hydrogen-bond acceptors (Lipinski definition) is 1. The molecule has 0 fully saturated rings. The fourth-order valence-electron chi connectivity index (χ4n) is 1.99. The van der Waals surface area contributed by atoms with E-state index in [4.69, 9.17) is 0 Å². The van der Waals surface area contributed by atoms with Crippen LogP contribution in [0.15, 0.2) is 46.9 Å². The minimum atomic E-state index is -0.308. The Labute approximate surface area is 126 Å². The Kier molecular flexibility index (Phi) is 4.55. The first-order chi connectivity index (χ1) is 9.47. The maximum atomic E-state index is 13.7. The standard InChI is InChI=1S/C16H15BrFNO/c1-11-4-3-5-12(8-11)16(20)19(2)10-13-9-14(17)6-7-15(13)18/h3-9H,10H2,1-2H3. The number of nitrogens with zero attached hydrogens (tertiary/aromatic N) is 1. The van der Waals surface area contributed by atoms with Crippen LogP contribution in [0.4, 0.5) is 4.39 Å². The Hall–Kier alpha value is -1.68. The molecule has 0 N–H and O–H groups in total. The van der Waals surface area contributed by atoms with E-state index >= 15 is 0 Å². The molecule has 1 amide bonds. The molecule has 0 saturated carbocycles. The summed E-state index contributed by atoms with van der Waals surface area (Å²) in [5, 5.41) is 0. The smallest absolute Gasteiger partial charge is 0.253 e. The third kappa shape index (κ3) is 3.45. The first-order valence-electron chi connectivity index (χ1n) is 6.23. The fourth-order valence-corrected chi connectivity index (χ4v) is 2.40. The van der Waals surface area contributed by atoms with Gasteiger partial charge in [-0.15, -0.1) is 0 Å². The number of benzene rings is 2. The van der Waals surface area contributed by atoms with Crippen molar-refractivity contribution in [3.8, 4) is 0 Å². The van der Waals surface area contributed by atoms with Crippen molar-refractivity contribution in [2.75, 3.05) is 7.05 Å². The van der Waals surface area contributed by atoms with Crippen LogP contribution in [0.1, 0.15) is 21.5 Å². The Balaban J connectivity index is 2.17. The van der Waals surface area contributed by atoms with Crippen molar-refractivity contribution in [2.24, 2.45) is 0 Å². The maximum Gasteiger partial charge on any atom is 0.253 e. The van der Waals surface area contributed by atoms with Crippen molar-refractivity contribution >= 4 is 21.8 Å². The average molecular weight is 336 g/mol. The van der Waals surface area contributed by atoms with Gasteiger partial charge >= 0.3 is 0 Å². The molecule has 0 bridgehead atoms. The molecule has 0 atom stereocenters. The summed E-state index contributed by atoms with van der Waals surface area (Å²) < 4.78 is 14.5. The predicted molar refractivity (Wildman–Crippen MR) is 81.1 cm³/mol. The van der Waals surface area contributed by atoms with E-state index in [-0.39, 0.29) is 18.3 Å². The minimum absolute atomic E-state index is 0.118. The molecule has 20 heavy (non-hydrogen) atoms. The quantitative estimate of drug-likeness (QED) is 0.824. The second-order valence-electron chi connectivity index (χ2n) is 4.77. The highest BCUT2D eigenvalue weighted by Crippen LogP contribution is 2.18. The van der Waals surface area contributed by atoms with Crippen LogP contribution in [0, 0.1) is 12.7 Å². The van der Waals surface area contributed by atoms with Crippen molar-refractivity contribution in [1.29, 1.82) is 0 Å². The van der Waals surface area contributed by atoms with Gasteiger partial charge in [0.2, 0.25) is 0 Å². The van der Waals surface area contributed by atoms with Gasteiger partial charge in [-0.1, -0.05) is 33.6 Å². The molecule has 2 nitrogen and oxygen atoms in total. The minimum Gasteiger partial charge on any atom is -0.337 e. The summed E-state index contributed by atoms with van der Waals surface area (Å²) in [4.78, 5) is 13.8. The lowest BCUT2D eigenvalue weighted by molar-refractivity contribution is 0.0783. The Bertz CT molecular complexity index is 642. The number of carbonyl (C=O) groups is 1. The van der Waals surface area contributed by atoms with Gasteiger partial charge in [-0.3, -0.25) is 4.79 Å². The number of hydrogen-bond donors (Lipinski definition) is 0. The molecule has 0 spiro atoms. The molecule has 4 heteroatoms. The topological polar surface area (TPSA) is 20.3 Å². The molecule has 0 aromatic heterocycles. The van der Waals surface area contributed by atoms with Gasteiger partial charge in [-0.2, -0.15) is 0 Å². The van der Waals surface area contributed by atoms with Crippen LogP contribution in [-0.2, 0) is 6.54 Å². The Morgan fingerprint density at radius 3 is 2.70 bits per heavy atom. The zero-order valence-electron chi connectivity index (χ0n) is 11.4. The van der Waals surface area contributed by atoms with Crippen molar-refractivity contribution in [2.45, 2.75) is 13.5 Å². The zero-order valence-corrected chi connectivity index (χ0v) is 12.9. The van der Waals surface area contributed by atoms with E-state index in [1.165, 1.54) is 11.0 Å². The summed E-state index contributed by atoms with van der Waals surface area (Å²) in [5.41, 5.74) is 2.13. The van der Waals surface area contributed by atoms with E-state index in [1.54, 1.807) is 25.2 Å². The highest BCUT2D eigenvalue weighted by Gasteiger charge is 2.14. The average Bonchev–Trinajstić information content (AvgIpc) is 2.42. The SMILES string of the molecule is Cc1cccc(C(=O)N(C)Cc2cc(Br)ccc2F)c1. The van der Waals surface area contributed by atoms with E-state index in [2.05, 4.69) is 15.9 Å². The summed E-state index contributed by atoms with van der Waals surface area (Å²) >= 11 is 3.31. The van der Waals surface area contributed by atoms with E-state index < -0.39 is 0 Å². The van der Waals surface area contributed by atoms with Crippen LogP contribution in [0.3, 0.4) is 0 Å². The fraction of sp³-hybridized carbons (Fsp3) is 0.188. The van der Waals surface area contributed by atoms with E-state index in [1.807, 2.05) is 25.1 Å². The van der Waals surface area contributed by atoms with Crippen molar-refractivity contribution in [3.05, 3.63) is 69.4 Å². The lowest BCUT2D eigenvalue weighted by Crippen LogP contribution is -2.26. The number of aryl methyl sites for hydroxylation is 1. The predicted octanol–water partition coefficient (Wildman–Crippen LogP) is 4.17. The van der Waals surface area contributed by atoms with Crippen LogP contribution >= 0.6 is 15.9 Å². The van der Waals surface area contributed by atoms with Crippen LogP contribution in [0.5, 0.6) is 0 Å². The van der Waals surface area contributed by atoms with Crippen molar-refractivity contribution < 1.29 is 9.18 Å². The highest BCUT2D eigenvalue weighted by atomic mass is 79.9. The molecular weight excluding hydrogens is 321 g/mol. The van der Waals surface area contributed by atoms with Gasteiger partial charge in [0.25, 0.3) is 5.91 Å². The summed E-state index contributed by atoms with van der Waals surface area (Å²) in [7, 11) is 1.67. The van der Waals surface area contributed by atoms with Crippen LogP contribution < -0.4 is 0 Å². The lowest BCUT2D eigenvalue weighted by atomic mass is 10.1. The molecule has 0 aliphatic rings. The molecular formula is C16H15BrFNO. The maximum absolute atomic E-state index is 13.7. The third-order valence-corrected chi connectivity index (χ3v) is 3.52. The third-order valence-electron chi connectivity index (χ3n) is 3.03. The summed E-state index contributed by atoms with van der Waals surface area (Å²) in [6, 6.07) is 12.1. The van der Waals surface area contributed by atoms with Gasteiger partial charge in [-0.25, -0.2) is 4.39 Å². The molecule has 0 aliphatic heterocycles. The van der Waals surface area contributed by atoms with Gasteiger partial charge in [0.1, 0.15) is 5.82 Å². The number of rotatable bonds is 3. The molecule has 0 aliphatic carbocycles. The molecule has 0 unspecified atom stereocenters. The first-order valence-corrected chi connectivity index (χ1v) is 7.03. The normalized spacial score (nSPS) is 10.4. The molecule has 2 rings (SSSR count). The number of carbonyl (C=O) groups excluding carboxylic acids is 1. The van der Waals surface area contributed by atoms with Crippen LogP contribution in [0.2, 0.25) is 0 Å². The summed E-state index contributed by atoms with van der Waals surface area (Å²) in [6.45, 7) is 2.17. The monoisotopic (exact) mass is 335 g/mol. The molecule has 2 aromatic carbocycles. The molecule has 0 saturated heterocycles. The molecule has 104 valence electrons. The van der Waals surface area contributed by atoms with Gasteiger partial charge < -0.3 is 4.90 Å². The Morgan fingerprint density at radius 1 is 1.25 bits per heavy atom. The zero-order chi connectivity index (χ0) is 14.7. The van der Waals surface area contributed by atoms with Crippen LogP contribution in [-0.4, -0.2) is 17.9 Å². The second-order valence-corrected chi connectivity index (χ2v) is 5.68. The number of halogens is 2. The Morgan fingerprint density at radius 2 is 2.00 bits per heavy atom. The second kappa shape index (κ2) is 6.18. The molecule has 0 radical (unpaired) electrons. The molecule has 2 aromatic rings. The van der Waals surface area contributed by atoms with Gasteiger partial charge in [0.05, 0.1) is 0 Å². The van der Waals surface area contributed by atoms with Gasteiger partial charge in [0.15, 0.2) is 0 Å².